The lowest BCUT2D eigenvalue weighted by Crippen LogP contribution is -1.88. The average molecular weight is 325 g/mol. The maximum atomic E-state index is 5.59. The summed E-state index contributed by atoms with van der Waals surface area (Å²) in [5.74, 6) is 0.873. The fourth-order valence-corrected chi connectivity index (χ4v) is 3.14. The van der Waals surface area contributed by atoms with E-state index in [0.29, 0.717) is 0 Å². The van der Waals surface area contributed by atoms with Crippen molar-refractivity contribution in [2.75, 3.05) is 7.11 Å². The first-order valence-electron chi connectivity index (χ1n) is 8.34. The topological polar surface area (TPSA) is 25.0 Å². The highest BCUT2D eigenvalue weighted by Crippen LogP contribution is 2.39. The molecule has 0 saturated heterocycles. The third-order valence-corrected chi connectivity index (χ3v) is 4.36. The Balaban J connectivity index is 1.94. The molecule has 0 spiro atoms. The molecule has 122 valence electrons. The van der Waals surface area contributed by atoms with Gasteiger partial charge in [-0.25, -0.2) is 0 Å². The standard InChI is InChI=1S/C23H19NO/c1-25-22-15-9-8-14-19(22)20-16-21(17-10-4-2-5-11-17)24-23(20)18-12-6-3-7-13-18/h2-16,24H,1H3. The number of rotatable bonds is 4. The second-order valence-electron chi connectivity index (χ2n) is 5.90. The number of methoxy groups -OCH3 is 1. The minimum atomic E-state index is 0.873. The van der Waals surface area contributed by atoms with Crippen LogP contribution < -0.4 is 4.74 Å². The van der Waals surface area contributed by atoms with Crippen LogP contribution in [-0.2, 0) is 0 Å². The Morgan fingerprint density at radius 2 is 1.24 bits per heavy atom. The summed E-state index contributed by atoms with van der Waals surface area (Å²) in [4.78, 5) is 3.61. The van der Waals surface area contributed by atoms with Gasteiger partial charge in [0.25, 0.3) is 0 Å². The molecule has 0 atom stereocenters. The summed E-state index contributed by atoms with van der Waals surface area (Å²) in [6.45, 7) is 0. The molecule has 0 unspecified atom stereocenters. The molecule has 1 heterocycles. The monoisotopic (exact) mass is 325 g/mol. The molecule has 0 amide bonds. The molecule has 4 rings (SSSR count). The van der Waals surface area contributed by atoms with Crippen molar-refractivity contribution in [1.82, 2.24) is 4.98 Å². The summed E-state index contributed by atoms with van der Waals surface area (Å²) < 4.78 is 5.59. The van der Waals surface area contributed by atoms with Crippen LogP contribution in [0.1, 0.15) is 0 Å². The van der Waals surface area contributed by atoms with Crippen molar-refractivity contribution in [3.8, 4) is 39.4 Å². The minimum Gasteiger partial charge on any atom is -0.496 e. The Labute approximate surface area is 147 Å². The van der Waals surface area contributed by atoms with Gasteiger partial charge in [-0.2, -0.15) is 0 Å². The van der Waals surface area contributed by atoms with E-state index in [1.807, 2.05) is 30.3 Å². The third kappa shape index (κ3) is 2.94. The van der Waals surface area contributed by atoms with Crippen molar-refractivity contribution in [2.24, 2.45) is 0 Å². The quantitative estimate of drug-likeness (QED) is 0.487. The number of aromatic amines is 1. The molecule has 0 radical (unpaired) electrons. The molecular formula is C23H19NO. The number of aromatic nitrogens is 1. The van der Waals surface area contributed by atoms with Gasteiger partial charge in [0.15, 0.2) is 0 Å². The first-order valence-corrected chi connectivity index (χ1v) is 8.34. The maximum Gasteiger partial charge on any atom is 0.126 e. The number of ether oxygens (including phenoxy) is 1. The Hall–Kier alpha value is -3.26. The van der Waals surface area contributed by atoms with Gasteiger partial charge in [-0.05, 0) is 23.3 Å². The third-order valence-electron chi connectivity index (χ3n) is 4.36. The molecule has 0 aliphatic heterocycles. The fourth-order valence-electron chi connectivity index (χ4n) is 3.14. The molecule has 0 fully saturated rings. The Kier molecular flexibility index (Phi) is 4.09. The Bertz CT molecular complexity index is 971. The predicted molar refractivity (Wildman–Crippen MR) is 104 cm³/mol. The maximum absolute atomic E-state index is 5.59. The molecule has 1 N–H and O–H groups in total. The zero-order valence-electron chi connectivity index (χ0n) is 14.1. The number of para-hydroxylation sites is 1. The highest BCUT2D eigenvalue weighted by Gasteiger charge is 2.15. The van der Waals surface area contributed by atoms with Gasteiger partial charge >= 0.3 is 0 Å². The summed E-state index contributed by atoms with van der Waals surface area (Å²) >= 11 is 0. The summed E-state index contributed by atoms with van der Waals surface area (Å²) in [7, 11) is 1.71. The van der Waals surface area contributed by atoms with Crippen molar-refractivity contribution < 1.29 is 4.74 Å². The molecule has 2 heteroatoms. The first-order chi connectivity index (χ1) is 12.4. The zero-order chi connectivity index (χ0) is 17.1. The van der Waals surface area contributed by atoms with Gasteiger partial charge in [0.2, 0.25) is 0 Å². The lowest BCUT2D eigenvalue weighted by molar-refractivity contribution is 0.416. The highest BCUT2D eigenvalue weighted by atomic mass is 16.5. The lowest BCUT2D eigenvalue weighted by Gasteiger charge is -2.09. The minimum absolute atomic E-state index is 0.873. The summed E-state index contributed by atoms with van der Waals surface area (Å²) in [6.07, 6.45) is 0. The van der Waals surface area contributed by atoms with Crippen molar-refractivity contribution in [3.63, 3.8) is 0 Å². The van der Waals surface area contributed by atoms with E-state index in [2.05, 4.69) is 65.6 Å². The van der Waals surface area contributed by atoms with Crippen LogP contribution in [0.25, 0.3) is 33.6 Å². The number of nitrogens with one attached hydrogen (secondary N) is 1. The van der Waals surface area contributed by atoms with E-state index < -0.39 is 0 Å². The van der Waals surface area contributed by atoms with Gasteiger partial charge < -0.3 is 9.72 Å². The van der Waals surface area contributed by atoms with Crippen LogP contribution in [-0.4, -0.2) is 12.1 Å². The van der Waals surface area contributed by atoms with E-state index in [1.54, 1.807) is 7.11 Å². The summed E-state index contributed by atoms with van der Waals surface area (Å²) in [5.41, 5.74) is 6.75. The summed E-state index contributed by atoms with van der Waals surface area (Å²) in [6, 6.07) is 31.1. The molecule has 3 aromatic carbocycles. The average Bonchev–Trinajstić information content (AvgIpc) is 3.14. The van der Waals surface area contributed by atoms with Gasteiger partial charge in [-0.3, -0.25) is 0 Å². The molecule has 4 aromatic rings. The highest BCUT2D eigenvalue weighted by molar-refractivity contribution is 5.88. The van der Waals surface area contributed by atoms with E-state index in [-0.39, 0.29) is 0 Å². The van der Waals surface area contributed by atoms with E-state index >= 15 is 0 Å². The van der Waals surface area contributed by atoms with Crippen LogP contribution in [0.5, 0.6) is 5.75 Å². The van der Waals surface area contributed by atoms with Crippen LogP contribution in [0.2, 0.25) is 0 Å². The molecule has 0 aliphatic rings. The van der Waals surface area contributed by atoms with E-state index in [1.165, 1.54) is 5.56 Å². The molecule has 2 nitrogen and oxygen atoms in total. The largest absolute Gasteiger partial charge is 0.496 e. The van der Waals surface area contributed by atoms with E-state index in [0.717, 1.165) is 33.8 Å². The molecule has 0 saturated carbocycles. The van der Waals surface area contributed by atoms with Crippen LogP contribution in [0.15, 0.2) is 91.0 Å². The van der Waals surface area contributed by atoms with Gasteiger partial charge in [-0.15, -0.1) is 0 Å². The lowest BCUT2D eigenvalue weighted by atomic mass is 10.00. The summed E-state index contributed by atoms with van der Waals surface area (Å²) in [5, 5.41) is 0. The second-order valence-corrected chi connectivity index (χ2v) is 5.90. The van der Waals surface area contributed by atoms with Crippen LogP contribution in [0, 0.1) is 0 Å². The number of hydrogen-bond donors (Lipinski definition) is 1. The zero-order valence-corrected chi connectivity index (χ0v) is 14.1. The first kappa shape index (κ1) is 15.3. The second kappa shape index (κ2) is 6.70. The van der Waals surface area contributed by atoms with E-state index in [9.17, 15) is 0 Å². The smallest absolute Gasteiger partial charge is 0.126 e. The molecule has 1 aromatic heterocycles. The predicted octanol–water partition coefficient (Wildman–Crippen LogP) is 6.02. The van der Waals surface area contributed by atoms with Crippen LogP contribution in [0.3, 0.4) is 0 Å². The van der Waals surface area contributed by atoms with Crippen molar-refractivity contribution >= 4 is 0 Å². The Morgan fingerprint density at radius 3 is 1.92 bits per heavy atom. The van der Waals surface area contributed by atoms with Crippen LogP contribution >= 0.6 is 0 Å². The van der Waals surface area contributed by atoms with Gasteiger partial charge in [0, 0.05) is 16.8 Å². The molecule has 0 bridgehead atoms. The van der Waals surface area contributed by atoms with Gasteiger partial charge in [-0.1, -0.05) is 78.9 Å². The normalized spacial score (nSPS) is 10.6. The SMILES string of the molecule is COc1ccccc1-c1cc(-c2ccccc2)[nH]c1-c1ccccc1. The fraction of sp³-hybridized carbons (Fsp3) is 0.0435. The van der Waals surface area contributed by atoms with Crippen molar-refractivity contribution in [3.05, 3.63) is 91.0 Å². The molecular weight excluding hydrogens is 306 g/mol. The van der Waals surface area contributed by atoms with Gasteiger partial charge in [0.05, 0.1) is 12.8 Å². The van der Waals surface area contributed by atoms with Crippen molar-refractivity contribution in [1.29, 1.82) is 0 Å². The Morgan fingerprint density at radius 1 is 0.640 bits per heavy atom. The molecule has 25 heavy (non-hydrogen) atoms. The number of hydrogen-bond acceptors (Lipinski definition) is 1. The van der Waals surface area contributed by atoms with E-state index in [4.69, 9.17) is 4.74 Å². The van der Waals surface area contributed by atoms with Crippen LogP contribution in [0.4, 0.5) is 0 Å². The van der Waals surface area contributed by atoms with Crippen molar-refractivity contribution in [2.45, 2.75) is 0 Å². The number of H-pyrrole nitrogens is 1. The van der Waals surface area contributed by atoms with Gasteiger partial charge in [0.1, 0.15) is 5.75 Å². The molecule has 0 aliphatic carbocycles. The number of benzene rings is 3.